The molecule has 0 spiro atoms. The molecule has 0 saturated heterocycles. The van der Waals surface area contributed by atoms with Crippen LogP contribution >= 0.6 is 0 Å². The Bertz CT molecular complexity index is 537. The van der Waals surface area contributed by atoms with Crippen molar-refractivity contribution in [1.82, 2.24) is 9.80 Å². The van der Waals surface area contributed by atoms with E-state index in [0.717, 1.165) is 32.1 Å². The number of ether oxygens (including phenoxy) is 1. The lowest BCUT2D eigenvalue weighted by Crippen LogP contribution is -2.62. The topological polar surface area (TPSA) is 97.4 Å². The molecule has 2 aliphatic rings. The second-order valence-electron chi connectivity index (χ2n) is 6.43. The average Bonchev–Trinajstić information content (AvgIpc) is 3.37. The summed E-state index contributed by atoms with van der Waals surface area (Å²) in [5.41, 5.74) is -0.665. The Morgan fingerprint density at radius 1 is 1.17 bits per heavy atom. The van der Waals surface area contributed by atoms with Crippen LogP contribution < -0.4 is 0 Å². The van der Waals surface area contributed by atoms with Crippen LogP contribution in [0.15, 0.2) is 0 Å². The molecule has 2 aliphatic carbocycles. The predicted molar refractivity (Wildman–Crippen MR) is 85.4 cm³/mol. The summed E-state index contributed by atoms with van der Waals surface area (Å²) in [6.07, 6.45) is 4.86. The Labute approximate surface area is 142 Å². The van der Waals surface area contributed by atoms with E-state index in [1.807, 2.05) is 17.0 Å². The summed E-state index contributed by atoms with van der Waals surface area (Å²) in [5, 5.41) is 17.5. The van der Waals surface area contributed by atoms with Crippen LogP contribution in [0.4, 0.5) is 0 Å². The minimum absolute atomic E-state index is 0.123. The molecule has 0 aromatic carbocycles. The second-order valence-corrected chi connectivity index (χ2v) is 6.43. The van der Waals surface area contributed by atoms with E-state index in [9.17, 15) is 9.59 Å². The molecule has 0 unspecified atom stereocenters. The van der Waals surface area contributed by atoms with Gasteiger partial charge in [0.1, 0.15) is 5.54 Å². The number of methoxy groups -OCH3 is 1. The molecule has 7 heteroatoms. The molecule has 24 heavy (non-hydrogen) atoms. The molecule has 0 N–H and O–H groups in total. The van der Waals surface area contributed by atoms with Gasteiger partial charge in [0, 0.05) is 19.1 Å². The minimum Gasteiger partial charge on any atom is -0.468 e. The first-order valence-corrected chi connectivity index (χ1v) is 8.46. The molecular formula is C17H24N4O3. The van der Waals surface area contributed by atoms with Crippen LogP contribution in [-0.2, 0) is 14.3 Å². The number of nitriles is 2. The van der Waals surface area contributed by atoms with Gasteiger partial charge in [0.25, 0.3) is 0 Å². The van der Waals surface area contributed by atoms with Gasteiger partial charge >= 0.3 is 5.97 Å². The first-order chi connectivity index (χ1) is 11.6. The molecule has 7 nitrogen and oxygen atoms in total. The van der Waals surface area contributed by atoms with Gasteiger partial charge in [0.2, 0.25) is 5.91 Å². The fourth-order valence-corrected chi connectivity index (χ4v) is 3.30. The highest BCUT2D eigenvalue weighted by Gasteiger charge is 2.54. The summed E-state index contributed by atoms with van der Waals surface area (Å²) in [5.74, 6) is -0.378. The SMILES string of the molecule is COC(=O)C1(N(CC(=O)N(CCC#N)CCC#N)C2CC2)CCC1. The van der Waals surface area contributed by atoms with E-state index >= 15 is 0 Å². The highest BCUT2D eigenvalue weighted by atomic mass is 16.5. The monoisotopic (exact) mass is 332 g/mol. The van der Waals surface area contributed by atoms with E-state index in [0.29, 0.717) is 13.1 Å². The molecule has 130 valence electrons. The zero-order valence-electron chi connectivity index (χ0n) is 14.2. The van der Waals surface area contributed by atoms with E-state index in [-0.39, 0.29) is 37.3 Å². The third kappa shape index (κ3) is 3.85. The summed E-state index contributed by atoms with van der Waals surface area (Å²) < 4.78 is 5.00. The van der Waals surface area contributed by atoms with Gasteiger partial charge in [-0.1, -0.05) is 0 Å². The summed E-state index contributed by atoms with van der Waals surface area (Å²) in [4.78, 5) is 28.6. The first-order valence-electron chi connectivity index (χ1n) is 8.46. The number of nitrogens with zero attached hydrogens (tertiary/aromatic N) is 4. The molecule has 0 bridgehead atoms. The van der Waals surface area contributed by atoms with Gasteiger partial charge in [-0.25, -0.2) is 0 Å². The fraction of sp³-hybridized carbons (Fsp3) is 0.765. The van der Waals surface area contributed by atoms with E-state index in [1.54, 1.807) is 4.90 Å². The number of amides is 1. The molecule has 0 aromatic rings. The number of carbonyl (C=O) groups is 2. The van der Waals surface area contributed by atoms with E-state index < -0.39 is 5.54 Å². The molecule has 0 aromatic heterocycles. The number of rotatable bonds is 9. The van der Waals surface area contributed by atoms with Crippen molar-refractivity contribution in [1.29, 1.82) is 10.5 Å². The molecule has 2 rings (SSSR count). The van der Waals surface area contributed by atoms with Crippen LogP contribution in [-0.4, -0.2) is 60.0 Å². The Morgan fingerprint density at radius 2 is 1.75 bits per heavy atom. The number of hydrogen-bond donors (Lipinski definition) is 0. The van der Waals surface area contributed by atoms with Gasteiger partial charge in [-0.2, -0.15) is 10.5 Å². The molecule has 2 fully saturated rings. The van der Waals surface area contributed by atoms with E-state index in [1.165, 1.54) is 7.11 Å². The van der Waals surface area contributed by atoms with Crippen molar-refractivity contribution < 1.29 is 14.3 Å². The Morgan fingerprint density at radius 3 is 2.12 bits per heavy atom. The van der Waals surface area contributed by atoms with Crippen LogP contribution in [0.1, 0.15) is 44.9 Å². The third-order valence-electron chi connectivity index (χ3n) is 4.93. The van der Waals surface area contributed by atoms with E-state index in [2.05, 4.69) is 0 Å². The summed E-state index contributed by atoms with van der Waals surface area (Å²) in [7, 11) is 1.39. The Kier molecular flexibility index (Phi) is 6.16. The highest BCUT2D eigenvalue weighted by molar-refractivity contribution is 5.84. The predicted octanol–water partition coefficient (Wildman–Crippen LogP) is 1.20. The van der Waals surface area contributed by atoms with Gasteiger partial charge in [-0.05, 0) is 32.1 Å². The standard InChI is InChI=1S/C17H24N4O3/c1-24-16(23)17(7-2-8-17)21(14-5-6-14)13-15(22)20(11-3-9-18)12-4-10-19/h14H,2-8,11-13H2,1H3. The van der Waals surface area contributed by atoms with E-state index in [4.69, 9.17) is 15.3 Å². The largest absolute Gasteiger partial charge is 0.468 e. The number of hydrogen-bond acceptors (Lipinski definition) is 6. The fourth-order valence-electron chi connectivity index (χ4n) is 3.30. The van der Waals surface area contributed by atoms with Crippen molar-refractivity contribution in [3.05, 3.63) is 0 Å². The van der Waals surface area contributed by atoms with Gasteiger partial charge < -0.3 is 9.64 Å². The lowest BCUT2D eigenvalue weighted by atomic mass is 9.75. The molecule has 0 radical (unpaired) electrons. The third-order valence-corrected chi connectivity index (χ3v) is 4.93. The maximum Gasteiger partial charge on any atom is 0.326 e. The van der Waals surface area contributed by atoms with Gasteiger partial charge in [0.15, 0.2) is 0 Å². The molecule has 0 atom stereocenters. The number of carbonyl (C=O) groups excluding carboxylic acids is 2. The first kappa shape index (κ1) is 18.2. The summed E-state index contributed by atoms with van der Waals surface area (Å²) in [6, 6.07) is 4.32. The molecule has 1 amide bonds. The van der Waals surface area contributed by atoms with Crippen molar-refractivity contribution >= 4 is 11.9 Å². The molecule has 0 heterocycles. The Hall–Kier alpha value is -2.12. The number of esters is 1. The maximum atomic E-state index is 12.7. The van der Waals surface area contributed by atoms with Gasteiger partial charge in [-0.15, -0.1) is 0 Å². The lowest BCUT2D eigenvalue weighted by Gasteiger charge is -2.48. The van der Waals surface area contributed by atoms with Gasteiger partial charge in [0.05, 0.1) is 38.6 Å². The van der Waals surface area contributed by atoms with Crippen molar-refractivity contribution in [2.75, 3.05) is 26.7 Å². The second kappa shape index (κ2) is 8.12. The van der Waals surface area contributed by atoms with Crippen LogP contribution in [0, 0.1) is 22.7 Å². The highest BCUT2D eigenvalue weighted by Crippen LogP contribution is 2.44. The van der Waals surface area contributed by atoms with Crippen LogP contribution in [0.25, 0.3) is 0 Å². The molecule has 0 aliphatic heterocycles. The van der Waals surface area contributed by atoms with Gasteiger partial charge in [-0.3, -0.25) is 14.5 Å². The quantitative estimate of drug-likeness (QED) is 0.589. The van der Waals surface area contributed by atoms with Crippen LogP contribution in [0.5, 0.6) is 0 Å². The average molecular weight is 332 g/mol. The van der Waals surface area contributed by atoms with Crippen molar-refractivity contribution in [2.45, 2.75) is 56.5 Å². The van der Waals surface area contributed by atoms with Crippen LogP contribution in [0.2, 0.25) is 0 Å². The zero-order chi connectivity index (χ0) is 17.6. The van der Waals surface area contributed by atoms with Crippen molar-refractivity contribution in [3.8, 4) is 12.1 Å². The smallest absolute Gasteiger partial charge is 0.326 e. The van der Waals surface area contributed by atoms with Crippen LogP contribution in [0.3, 0.4) is 0 Å². The molecule has 2 saturated carbocycles. The molecular weight excluding hydrogens is 308 g/mol. The summed E-state index contributed by atoms with van der Waals surface area (Å²) in [6.45, 7) is 0.790. The Balaban J connectivity index is 2.08. The lowest BCUT2D eigenvalue weighted by molar-refractivity contribution is -0.164. The summed E-state index contributed by atoms with van der Waals surface area (Å²) >= 11 is 0. The van der Waals surface area contributed by atoms with Crippen molar-refractivity contribution in [3.63, 3.8) is 0 Å². The zero-order valence-corrected chi connectivity index (χ0v) is 14.2. The maximum absolute atomic E-state index is 12.7. The van der Waals surface area contributed by atoms with Crippen molar-refractivity contribution in [2.24, 2.45) is 0 Å². The normalized spacial score (nSPS) is 18.2. The minimum atomic E-state index is -0.665.